The number of nitrogens with zero attached hydrogens (tertiary/aromatic N) is 4. The zero-order valence-electron chi connectivity index (χ0n) is 14.8. The van der Waals surface area contributed by atoms with Crippen LogP contribution in [0.3, 0.4) is 0 Å². The first-order valence-electron chi connectivity index (χ1n) is 8.58. The van der Waals surface area contributed by atoms with E-state index in [0.717, 1.165) is 12.1 Å². The number of amides is 2. The molecule has 0 fully saturated rings. The molecule has 148 valence electrons. The van der Waals surface area contributed by atoms with Gasteiger partial charge in [0.15, 0.2) is 17.4 Å². The second-order valence-electron chi connectivity index (χ2n) is 6.13. The zero-order chi connectivity index (χ0) is 20.4. The molecule has 4 rings (SSSR count). The Labute approximate surface area is 163 Å². The number of fused-ring (bicyclic) bond motifs is 1. The van der Waals surface area contributed by atoms with Crippen LogP contribution in [0, 0.1) is 0 Å². The molecule has 1 aliphatic rings. The number of hydrogen-bond donors (Lipinski definition) is 1. The Morgan fingerprint density at radius 3 is 2.72 bits per heavy atom. The maximum atomic E-state index is 13.0. The fourth-order valence-electron chi connectivity index (χ4n) is 2.81. The molecule has 29 heavy (non-hydrogen) atoms. The van der Waals surface area contributed by atoms with E-state index in [9.17, 15) is 18.0 Å². The SMILES string of the molecule is O=C(Nc1ccncc1)N1CCOc2cnc(-c3cccc(C(F)(F)F)c3)nc21. The first kappa shape index (κ1) is 18.7. The molecule has 0 atom stereocenters. The van der Waals surface area contributed by atoms with Gasteiger partial charge < -0.3 is 10.1 Å². The Hall–Kier alpha value is -3.69. The van der Waals surface area contributed by atoms with E-state index in [-0.39, 0.29) is 36.1 Å². The molecule has 2 amide bonds. The van der Waals surface area contributed by atoms with Gasteiger partial charge in [0.2, 0.25) is 0 Å². The van der Waals surface area contributed by atoms with E-state index in [1.54, 1.807) is 12.1 Å². The van der Waals surface area contributed by atoms with E-state index in [1.807, 2.05) is 0 Å². The number of hydrogen-bond acceptors (Lipinski definition) is 5. The lowest BCUT2D eigenvalue weighted by molar-refractivity contribution is -0.137. The standard InChI is InChI=1S/C19H14F3N5O2/c20-19(21,22)13-3-1-2-12(10-13)16-24-11-15-17(26-16)27(8-9-29-15)18(28)25-14-4-6-23-7-5-14/h1-7,10-11H,8-9H2,(H,23,25,28). The molecule has 0 bridgehead atoms. The van der Waals surface area contributed by atoms with E-state index >= 15 is 0 Å². The summed E-state index contributed by atoms with van der Waals surface area (Å²) < 4.78 is 44.5. The zero-order valence-corrected chi connectivity index (χ0v) is 14.8. The van der Waals surface area contributed by atoms with Gasteiger partial charge in [-0.2, -0.15) is 13.2 Å². The van der Waals surface area contributed by atoms with Crippen molar-refractivity contribution in [1.29, 1.82) is 0 Å². The third-order valence-corrected chi connectivity index (χ3v) is 4.19. The average Bonchev–Trinajstić information content (AvgIpc) is 2.73. The van der Waals surface area contributed by atoms with Crippen molar-refractivity contribution in [2.24, 2.45) is 0 Å². The molecular weight excluding hydrogens is 387 g/mol. The first-order chi connectivity index (χ1) is 13.9. The van der Waals surface area contributed by atoms with Crippen LogP contribution >= 0.6 is 0 Å². The number of urea groups is 1. The molecule has 0 radical (unpaired) electrons. The largest absolute Gasteiger partial charge is 0.486 e. The fourth-order valence-corrected chi connectivity index (χ4v) is 2.81. The van der Waals surface area contributed by atoms with Gasteiger partial charge in [0.1, 0.15) is 6.61 Å². The first-order valence-corrected chi connectivity index (χ1v) is 8.58. The molecule has 2 aromatic heterocycles. The van der Waals surface area contributed by atoms with Crippen molar-refractivity contribution in [2.45, 2.75) is 6.18 Å². The molecule has 0 aliphatic carbocycles. The van der Waals surface area contributed by atoms with Gasteiger partial charge in [0.05, 0.1) is 18.3 Å². The number of nitrogens with one attached hydrogen (secondary N) is 1. The summed E-state index contributed by atoms with van der Waals surface area (Å²) in [5.74, 6) is 0.518. The van der Waals surface area contributed by atoms with Crippen LogP contribution in [0.5, 0.6) is 5.75 Å². The Kier molecular flexibility index (Phi) is 4.75. The summed E-state index contributed by atoms with van der Waals surface area (Å²) >= 11 is 0. The number of pyridine rings is 1. The van der Waals surface area contributed by atoms with Crippen LogP contribution in [-0.2, 0) is 6.18 Å². The third-order valence-electron chi connectivity index (χ3n) is 4.19. The molecule has 3 aromatic rings. The smallest absolute Gasteiger partial charge is 0.416 e. The maximum absolute atomic E-state index is 13.0. The van der Waals surface area contributed by atoms with Gasteiger partial charge in [0, 0.05) is 23.6 Å². The van der Waals surface area contributed by atoms with E-state index in [4.69, 9.17) is 4.74 Å². The Morgan fingerprint density at radius 1 is 1.17 bits per heavy atom. The van der Waals surface area contributed by atoms with Gasteiger partial charge in [-0.15, -0.1) is 0 Å². The highest BCUT2D eigenvalue weighted by atomic mass is 19.4. The lowest BCUT2D eigenvalue weighted by Gasteiger charge is -2.28. The van der Waals surface area contributed by atoms with E-state index in [1.165, 1.54) is 35.6 Å². The number of rotatable bonds is 2. The number of aromatic nitrogens is 3. The summed E-state index contributed by atoms with van der Waals surface area (Å²) in [6.07, 6.45) is -0.0544. The van der Waals surface area contributed by atoms with Gasteiger partial charge >= 0.3 is 12.2 Å². The molecule has 3 heterocycles. The summed E-state index contributed by atoms with van der Waals surface area (Å²) in [6, 6.07) is 7.51. The summed E-state index contributed by atoms with van der Waals surface area (Å²) in [5, 5.41) is 2.72. The lowest BCUT2D eigenvalue weighted by Crippen LogP contribution is -2.41. The highest BCUT2D eigenvalue weighted by Crippen LogP contribution is 2.34. The van der Waals surface area contributed by atoms with Crippen LogP contribution in [-0.4, -0.2) is 34.1 Å². The predicted octanol–water partition coefficient (Wildman–Crippen LogP) is 3.99. The predicted molar refractivity (Wildman–Crippen MR) is 98.6 cm³/mol. The molecule has 7 nitrogen and oxygen atoms in total. The van der Waals surface area contributed by atoms with Gasteiger partial charge in [0.25, 0.3) is 0 Å². The third kappa shape index (κ3) is 3.96. The number of alkyl halides is 3. The molecule has 0 spiro atoms. The summed E-state index contributed by atoms with van der Waals surface area (Å²) in [4.78, 5) is 26.3. The molecule has 10 heteroatoms. The normalized spacial score (nSPS) is 13.4. The van der Waals surface area contributed by atoms with Gasteiger partial charge in [-0.25, -0.2) is 14.8 Å². The molecule has 0 saturated heterocycles. The highest BCUT2D eigenvalue weighted by molar-refractivity contribution is 6.02. The molecule has 1 aromatic carbocycles. The molecule has 1 N–H and O–H groups in total. The minimum atomic E-state index is -4.48. The minimum Gasteiger partial charge on any atom is -0.486 e. The number of carbonyl (C=O) groups excluding carboxylic acids is 1. The highest BCUT2D eigenvalue weighted by Gasteiger charge is 2.31. The number of anilines is 2. The average molecular weight is 401 g/mol. The van der Waals surface area contributed by atoms with Crippen molar-refractivity contribution in [3.63, 3.8) is 0 Å². The van der Waals surface area contributed by atoms with Crippen LogP contribution in [0.2, 0.25) is 0 Å². The molecular formula is C19H14F3N5O2. The van der Waals surface area contributed by atoms with Crippen LogP contribution in [0.1, 0.15) is 5.56 Å². The molecule has 0 unspecified atom stereocenters. The van der Waals surface area contributed by atoms with Crippen molar-refractivity contribution in [1.82, 2.24) is 15.0 Å². The number of carbonyl (C=O) groups is 1. The van der Waals surface area contributed by atoms with Crippen molar-refractivity contribution >= 4 is 17.5 Å². The molecule has 0 saturated carbocycles. The quantitative estimate of drug-likeness (QED) is 0.702. The second-order valence-corrected chi connectivity index (χ2v) is 6.13. The Morgan fingerprint density at radius 2 is 1.97 bits per heavy atom. The summed E-state index contributed by atoms with van der Waals surface area (Å²) in [5.41, 5.74) is -0.0762. The monoisotopic (exact) mass is 401 g/mol. The second kappa shape index (κ2) is 7.38. The van der Waals surface area contributed by atoms with Crippen LogP contribution in [0.15, 0.2) is 55.0 Å². The van der Waals surface area contributed by atoms with Crippen molar-refractivity contribution in [3.05, 3.63) is 60.6 Å². The topological polar surface area (TPSA) is 80.2 Å². The van der Waals surface area contributed by atoms with Crippen molar-refractivity contribution < 1.29 is 22.7 Å². The van der Waals surface area contributed by atoms with Crippen LogP contribution in [0.4, 0.5) is 29.5 Å². The minimum absolute atomic E-state index is 0.0575. The van der Waals surface area contributed by atoms with Gasteiger partial charge in [-0.05, 0) is 24.3 Å². The lowest BCUT2D eigenvalue weighted by atomic mass is 10.1. The van der Waals surface area contributed by atoms with Gasteiger partial charge in [-0.1, -0.05) is 12.1 Å². The van der Waals surface area contributed by atoms with Crippen LogP contribution < -0.4 is 15.0 Å². The van der Waals surface area contributed by atoms with E-state index in [0.29, 0.717) is 5.69 Å². The van der Waals surface area contributed by atoms with Crippen molar-refractivity contribution in [2.75, 3.05) is 23.4 Å². The molecule has 1 aliphatic heterocycles. The van der Waals surface area contributed by atoms with E-state index < -0.39 is 17.8 Å². The number of benzene rings is 1. The van der Waals surface area contributed by atoms with Gasteiger partial charge in [-0.3, -0.25) is 9.88 Å². The van der Waals surface area contributed by atoms with Crippen LogP contribution in [0.25, 0.3) is 11.4 Å². The number of ether oxygens (including phenoxy) is 1. The fraction of sp³-hybridized carbons (Fsp3) is 0.158. The summed E-state index contributed by atoms with van der Waals surface area (Å²) in [6.45, 7) is 0.464. The summed E-state index contributed by atoms with van der Waals surface area (Å²) in [7, 11) is 0. The maximum Gasteiger partial charge on any atom is 0.416 e. The Balaban J connectivity index is 1.66. The van der Waals surface area contributed by atoms with E-state index in [2.05, 4.69) is 20.3 Å². The van der Waals surface area contributed by atoms with Crippen molar-refractivity contribution in [3.8, 4) is 17.1 Å². The Bertz CT molecular complexity index is 1040. The number of halogens is 3.